The lowest BCUT2D eigenvalue weighted by molar-refractivity contribution is 0.0508. The molecule has 0 aromatic heterocycles. The Labute approximate surface area is 92.1 Å². The first kappa shape index (κ1) is 12.6. The highest BCUT2D eigenvalue weighted by atomic mass is 32.2. The Kier molecular flexibility index (Phi) is 3.62. The average molecular weight is 243 g/mol. The molecule has 0 fully saturated rings. The fourth-order valence-corrected chi connectivity index (χ4v) is 1.94. The Hall–Kier alpha value is -1.46. The van der Waals surface area contributed by atoms with Gasteiger partial charge in [-0.15, -0.1) is 0 Å². The quantitative estimate of drug-likeness (QED) is 0.502. The lowest BCUT2D eigenvalue weighted by atomic mass is 10.1. The minimum atomic E-state index is -4.50. The van der Waals surface area contributed by atoms with Crippen LogP contribution in [0.15, 0.2) is 29.2 Å². The van der Waals surface area contributed by atoms with Crippen LogP contribution in [0.1, 0.15) is 11.7 Å². The molecule has 6 nitrogen and oxygen atoms in total. The summed E-state index contributed by atoms with van der Waals surface area (Å²) in [5.74, 6) is 0. The smallest absolute Gasteiger partial charge is 0.294 e. The molecule has 0 radical (unpaired) electrons. The Morgan fingerprint density at radius 2 is 1.81 bits per heavy atom. The average Bonchev–Trinajstić information content (AvgIpc) is 2.26. The Morgan fingerprint density at radius 1 is 1.25 bits per heavy atom. The number of benzene rings is 1. The van der Waals surface area contributed by atoms with E-state index in [1.807, 2.05) is 0 Å². The second-order valence-electron chi connectivity index (χ2n) is 3.03. The molecule has 7 heteroatoms. The van der Waals surface area contributed by atoms with Gasteiger partial charge >= 0.3 is 0 Å². The van der Waals surface area contributed by atoms with Crippen LogP contribution in [0.3, 0.4) is 0 Å². The molecule has 2 atom stereocenters. The lowest BCUT2D eigenvalue weighted by Gasteiger charge is -2.14. The second-order valence-corrected chi connectivity index (χ2v) is 4.42. The van der Waals surface area contributed by atoms with E-state index in [4.69, 9.17) is 14.9 Å². The molecular formula is C9H9NO5S. The molecule has 16 heavy (non-hydrogen) atoms. The van der Waals surface area contributed by atoms with Crippen molar-refractivity contribution in [3.8, 4) is 6.07 Å². The zero-order valence-corrected chi connectivity index (χ0v) is 8.79. The van der Waals surface area contributed by atoms with Gasteiger partial charge in [0.25, 0.3) is 10.1 Å². The highest BCUT2D eigenvalue weighted by Gasteiger charge is 2.25. The number of hydrogen-bond donors (Lipinski definition) is 3. The number of aliphatic hydroxyl groups excluding tert-OH is 2. The van der Waals surface area contributed by atoms with Gasteiger partial charge < -0.3 is 10.2 Å². The summed E-state index contributed by atoms with van der Waals surface area (Å²) in [6.07, 6.45) is -3.45. The second kappa shape index (κ2) is 4.59. The number of aliphatic hydroxyl groups is 2. The first-order valence-corrected chi connectivity index (χ1v) is 5.64. The zero-order chi connectivity index (χ0) is 12.3. The van der Waals surface area contributed by atoms with Crippen molar-refractivity contribution in [3.63, 3.8) is 0 Å². The van der Waals surface area contributed by atoms with Crippen molar-refractivity contribution in [2.45, 2.75) is 17.1 Å². The molecule has 0 aliphatic rings. The molecule has 0 aliphatic heterocycles. The standard InChI is InChI=1S/C9H9NO5S/c10-5-7(11)9(12)6-3-1-2-4-8(6)16(13,14)15/h1-4,7,9,11-12H,(H,13,14,15). The van der Waals surface area contributed by atoms with Gasteiger partial charge in [0.2, 0.25) is 0 Å². The van der Waals surface area contributed by atoms with Crippen LogP contribution in [0.4, 0.5) is 0 Å². The van der Waals surface area contributed by atoms with Crippen molar-refractivity contribution in [3.05, 3.63) is 29.8 Å². The van der Waals surface area contributed by atoms with Gasteiger partial charge in [0.05, 0.1) is 11.0 Å². The lowest BCUT2D eigenvalue weighted by Crippen LogP contribution is -2.18. The molecule has 0 amide bonds. The molecule has 0 aliphatic carbocycles. The molecule has 86 valence electrons. The van der Waals surface area contributed by atoms with Crippen molar-refractivity contribution in [1.82, 2.24) is 0 Å². The van der Waals surface area contributed by atoms with Crippen molar-refractivity contribution in [2.24, 2.45) is 0 Å². The predicted molar refractivity (Wildman–Crippen MR) is 52.8 cm³/mol. The Morgan fingerprint density at radius 3 is 2.31 bits per heavy atom. The zero-order valence-electron chi connectivity index (χ0n) is 7.98. The summed E-state index contributed by atoms with van der Waals surface area (Å²) in [5.41, 5.74) is -0.223. The van der Waals surface area contributed by atoms with Gasteiger partial charge in [-0.2, -0.15) is 13.7 Å². The van der Waals surface area contributed by atoms with Crippen LogP contribution in [0, 0.1) is 11.3 Å². The summed E-state index contributed by atoms with van der Waals surface area (Å²) in [6.45, 7) is 0. The third-order valence-corrected chi connectivity index (χ3v) is 2.87. The van der Waals surface area contributed by atoms with Gasteiger partial charge in [0, 0.05) is 5.56 Å². The summed E-state index contributed by atoms with van der Waals surface area (Å²) in [6, 6.07) is 6.40. The van der Waals surface area contributed by atoms with E-state index in [0.717, 1.165) is 6.07 Å². The van der Waals surface area contributed by atoms with Gasteiger partial charge in [-0.05, 0) is 6.07 Å². The monoisotopic (exact) mass is 243 g/mol. The molecule has 1 rings (SSSR count). The molecule has 1 aromatic carbocycles. The highest BCUT2D eigenvalue weighted by molar-refractivity contribution is 7.85. The van der Waals surface area contributed by atoms with Crippen molar-refractivity contribution in [1.29, 1.82) is 5.26 Å². The fourth-order valence-electron chi connectivity index (χ4n) is 1.20. The number of hydrogen-bond acceptors (Lipinski definition) is 5. The molecule has 0 bridgehead atoms. The number of nitriles is 1. The minimum Gasteiger partial charge on any atom is -0.385 e. The van der Waals surface area contributed by atoms with Crippen molar-refractivity contribution >= 4 is 10.1 Å². The molecule has 2 unspecified atom stereocenters. The molecule has 1 aromatic rings. The highest BCUT2D eigenvalue weighted by Crippen LogP contribution is 2.24. The summed E-state index contributed by atoms with van der Waals surface area (Å²) in [5, 5.41) is 27.0. The van der Waals surface area contributed by atoms with Gasteiger partial charge in [-0.25, -0.2) is 0 Å². The number of nitrogens with zero attached hydrogens (tertiary/aromatic N) is 1. The van der Waals surface area contributed by atoms with E-state index in [-0.39, 0.29) is 5.56 Å². The SMILES string of the molecule is N#CC(O)C(O)c1ccccc1S(=O)(=O)O. The van der Waals surface area contributed by atoms with E-state index in [0.29, 0.717) is 0 Å². The topological polar surface area (TPSA) is 119 Å². The normalized spacial score (nSPS) is 15.1. The van der Waals surface area contributed by atoms with Crippen LogP contribution < -0.4 is 0 Å². The van der Waals surface area contributed by atoms with Gasteiger partial charge in [0.1, 0.15) is 6.10 Å². The maximum Gasteiger partial charge on any atom is 0.294 e. The van der Waals surface area contributed by atoms with E-state index >= 15 is 0 Å². The molecule has 0 heterocycles. The molecule has 0 saturated heterocycles. The maximum atomic E-state index is 10.9. The summed E-state index contributed by atoms with van der Waals surface area (Å²) in [7, 11) is -4.50. The summed E-state index contributed by atoms with van der Waals surface area (Å²) < 4.78 is 30.8. The van der Waals surface area contributed by atoms with Gasteiger partial charge in [0.15, 0.2) is 6.10 Å². The molecule has 0 spiro atoms. The van der Waals surface area contributed by atoms with Crippen molar-refractivity contribution < 1.29 is 23.2 Å². The van der Waals surface area contributed by atoms with Crippen LogP contribution in [0.5, 0.6) is 0 Å². The Balaban J connectivity index is 3.31. The Bertz CT molecular complexity index is 519. The first-order chi connectivity index (χ1) is 7.38. The summed E-state index contributed by atoms with van der Waals surface area (Å²) in [4.78, 5) is -0.531. The van der Waals surface area contributed by atoms with Crippen LogP contribution >= 0.6 is 0 Å². The third-order valence-electron chi connectivity index (χ3n) is 1.95. The van der Waals surface area contributed by atoms with E-state index in [1.165, 1.54) is 24.3 Å². The van der Waals surface area contributed by atoms with E-state index in [2.05, 4.69) is 0 Å². The van der Waals surface area contributed by atoms with Crippen molar-refractivity contribution in [2.75, 3.05) is 0 Å². The fraction of sp³-hybridized carbons (Fsp3) is 0.222. The van der Waals surface area contributed by atoms with Crippen LogP contribution in [0.25, 0.3) is 0 Å². The van der Waals surface area contributed by atoms with Gasteiger partial charge in [-0.3, -0.25) is 4.55 Å². The van der Waals surface area contributed by atoms with E-state index in [9.17, 15) is 13.5 Å². The van der Waals surface area contributed by atoms with Crippen LogP contribution in [-0.4, -0.2) is 29.3 Å². The largest absolute Gasteiger partial charge is 0.385 e. The van der Waals surface area contributed by atoms with E-state index in [1.54, 1.807) is 0 Å². The van der Waals surface area contributed by atoms with Gasteiger partial charge in [-0.1, -0.05) is 18.2 Å². The minimum absolute atomic E-state index is 0.223. The number of rotatable bonds is 3. The summed E-state index contributed by atoms with van der Waals surface area (Å²) >= 11 is 0. The van der Waals surface area contributed by atoms with Crippen LogP contribution in [0.2, 0.25) is 0 Å². The predicted octanol–water partition coefficient (Wildman–Crippen LogP) is -0.149. The maximum absolute atomic E-state index is 10.9. The molecular weight excluding hydrogens is 234 g/mol. The first-order valence-electron chi connectivity index (χ1n) is 4.20. The van der Waals surface area contributed by atoms with Crippen LogP contribution in [-0.2, 0) is 10.1 Å². The molecule has 0 saturated carbocycles. The molecule has 3 N–H and O–H groups in total. The van der Waals surface area contributed by atoms with E-state index < -0.39 is 27.2 Å². The third kappa shape index (κ3) is 2.56.